The molecule has 1 atom stereocenters. The number of aliphatic imine (C=N–C) groups is 1. The zero-order chi connectivity index (χ0) is 21.7. The maximum atomic E-state index is 13.4. The van der Waals surface area contributed by atoms with Gasteiger partial charge in [-0.05, 0) is 39.7 Å². The minimum absolute atomic E-state index is 0.128. The molecule has 1 saturated carbocycles. The molecule has 0 amide bonds. The fourth-order valence-corrected chi connectivity index (χ4v) is 3.36. The second kappa shape index (κ2) is 6.83. The Morgan fingerprint density at radius 3 is 2.50 bits per heavy atom. The Kier molecular flexibility index (Phi) is 4.64. The first-order valence-corrected chi connectivity index (χ1v) is 9.71. The Balaban J connectivity index is 1.76. The summed E-state index contributed by atoms with van der Waals surface area (Å²) in [5.41, 5.74) is 6.03. The van der Waals surface area contributed by atoms with Gasteiger partial charge >= 0.3 is 6.18 Å². The number of aromatic nitrogens is 5. The van der Waals surface area contributed by atoms with E-state index in [1.165, 1.54) is 4.80 Å². The van der Waals surface area contributed by atoms with Gasteiger partial charge in [0.15, 0.2) is 0 Å². The summed E-state index contributed by atoms with van der Waals surface area (Å²) < 4.78 is 42.0. The third kappa shape index (κ3) is 3.44. The molecule has 162 valence electrons. The van der Waals surface area contributed by atoms with Crippen LogP contribution in [-0.2, 0) is 11.3 Å². The van der Waals surface area contributed by atoms with Gasteiger partial charge < -0.3 is 10.6 Å². The van der Waals surface area contributed by atoms with Gasteiger partial charge in [-0.1, -0.05) is 0 Å². The van der Waals surface area contributed by atoms with Crippen LogP contribution < -0.4 is 16.4 Å². The SMILES string of the molecule is CCNC1=C(C(F)(F)F)C=NC(N)(c2cc(C(C)(C)n3nccn3)nn2C2CC2)N1. The van der Waals surface area contributed by atoms with Crippen LogP contribution in [-0.4, -0.2) is 43.7 Å². The van der Waals surface area contributed by atoms with Crippen molar-refractivity contribution in [1.29, 1.82) is 0 Å². The van der Waals surface area contributed by atoms with Gasteiger partial charge in [-0.15, -0.1) is 0 Å². The molecule has 0 radical (unpaired) electrons. The number of nitrogens with two attached hydrogens (primary N) is 1. The highest BCUT2D eigenvalue weighted by molar-refractivity contribution is 5.82. The summed E-state index contributed by atoms with van der Waals surface area (Å²) in [6.45, 7) is 5.81. The first-order chi connectivity index (χ1) is 14.1. The van der Waals surface area contributed by atoms with Crippen LogP contribution in [0.15, 0.2) is 34.8 Å². The van der Waals surface area contributed by atoms with Gasteiger partial charge in [-0.3, -0.25) is 10.4 Å². The molecule has 1 aliphatic heterocycles. The van der Waals surface area contributed by atoms with Crippen LogP contribution in [0.4, 0.5) is 13.2 Å². The normalized spacial score (nSPS) is 22.4. The first-order valence-electron chi connectivity index (χ1n) is 9.71. The largest absolute Gasteiger partial charge is 0.421 e. The molecule has 2 aromatic heterocycles. The van der Waals surface area contributed by atoms with Crippen LogP contribution in [0.3, 0.4) is 0 Å². The summed E-state index contributed by atoms with van der Waals surface area (Å²) >= 11 is 0. The van der Waals surface area contributed by atoms with Crippen molar-refractivity contribution in [2.24, 2.45) is 10.7 Å². The van der Waals surface area contributed by atoms with Gasteiger partial charge in [0.2, 0.25) is 5.79 Å². The Morgan fingerprint density at radius 2 is 1.93 bits per heavy atom. The van der Waals surface area contributed by atoms with E-state index < -0.39 is 23.1 Å². The lowest BCUT2D eigenvalue weighted by atomic mass is 10.0. The molecule has 12 heteroatoms. The van der Waals surface area contributed by atoms with Crippen molar-refractivity contribution in [2.45, 2.75) is 57.2 Å². The summed E-state index contributed by atoms with van der Waals surface area (Å²) in [6, 6.07) is 1.89. The number of allylic oxidation sites excluding steroid dienone is 1. The average molecular weight is 423 g/mol. The molecule has 0 aromatic carbocycles. The second-order valence-corrected chi connectivity index (χ2v) is 7.93. The molecule has 1 fully saturated rings. The highest BCUT2D eigenvalue weighted by Gasteiger charge is 2.45. The Bertz CT molecular complexity index is 983. The third-order valence-corrected chi connectivity index (χ3v) is 5.21. The minimum Gasteiger partial charge on any atom is -0.372 e. The van der Waals surface area contributed by atoms with E-state index in [0.717, 1.165) is 19.1 Å². The number of rotatable bonds is 6. The Hall–Kier alpha value is -2.89. The van der Waals surface area contributed by atoms with Gasteiger partial charge in [-0.2, -0.15) is 33.3 Å². The monoisotopic (exact) mass is 423 g/mol. The number of nitrogens with one attached hydrogen (secondary N) is 2. The maximum absolute atomic E-state index is 13.4. The van der Waals surface area contributed by atoms with Gasteiger partial charge in [0.1, 0.15) is 22.6 Å². The van der Waals surface area contributed by atoms with E-state index in [9.17, 15) is 13.2 Å². The van der Waals surface area contributed by atoms with E-state index in [4.69, 9.17) is 10.8 Å². The average Bonchev–Trinajstić information content (AvgIpc) is 3.17. The van der Waals surface area contributed by atoms with Crippen LogP contribution >= 0.6 is 0 Å². The van der Waals surface area contributed by atoms with Crippen molar-refractivity contribution >= 4 is 6.21 Å². The quantitative estimate of drug-likeness (QED) is 0.653. The molecular weight excluding hydrogens is 399 g/mol. The van der Waals surface area contributed by atoms with Crippen molar-refractivity contribution in [2.75, 3.05) is 6.54 Å². The number of hydrogen-bond donors (Lipinski definition) is 3. The molecule has 1 aliphatic carbocycles. The summed E-state index contributed by atoms with van der Waals surface area (Å²) in [5.74, 6) is -1.81. The van der Waals surface area contributed by atoms with E-state index in [2.05, 4.69) is 25.8 Å². The molecule has 2 aromatic rings. The molecule has 0 saturated heterocycles. The zero-order valence-electron chi connectivity index (χ0n) is 16.9. The Labute approximate surface area is 171 Å². The summed E-state index contributed by atoms with van der Waals surface area (Å²) in [4.78, 5) is 5.60. The second-order valence-electron chi connectivity index (χ2n) is 7.93. The van der Waals surface area contributed by atoms with Crippen molar-refractivity contribution in [1.82, 2.24) is 35.4 Å². The summed E-state index contributed by atoms with van der Waals surface area (Å²) in [7, 11) is 0. The van der Waals surface area contributed by atoms with E-state index in [-0.39, 0.29) is 18.4 Å². The fourth-order valence-electron chi connectivity index (χ4n) is 3.36. The van der Waals surface area contributed by atoms with Gasteiger partial charge in [0.25, 0.3) is 0 Å². The van der Waals surface area contributed by atoms with Crippen LogP contribution in [0.5, 0.6) is 0 Å². The summed E-state index contributed by atoms with van der Waals surface area (Å²) in [6.07, 6.45) is 1.19. The fraction of sp³-hybridized carbons (Fsp3) is 0.556. The van der Waals surface area contributed by atoms with E-state index in [1.54, 1.807) is 30.1 Å². The molecule has 0 bridgehead atoms. The third-order valence-electron chi connectivity index (χ3n) is 5.21. The predicted octanol–water partition coefficient (Wildman–Crippen LogP) is 1.72. The molecule has 0 spiro atoms. The molecule has 4 N–H and O–H groups in total. The standard InChI is InChI=1S/C18H24F3N9/c1-4-23-15-12(17(19,20)21)10-24-18(22,27-15)14-9-13(28-29(14)11-5-6-11)16(2,3)30-25-7-8-26-30/h7-11,23,27H,4-6,22H2,1-3H3. The molecule has 4 rings (SSSR count). The smallest absolute Gasteiger partial charge is 0.372 e. The molecule has 9 nitrogen and oxygen atoms in total. The van der Waals surface area contributed by atoms with Crippen molar-refractivity contribution in [3.63, 3.8) is 0 Å². The maximum Gasteiger partial charge on any atom is 0.421 e. The molecule has 3 heterocycles. The van der Waals surface area contributed by atoms with Gasteiger partial charge in [-0.25, -0.2) is 4.99 Å². The zero-order valence-corrected chi connectivity index (χ0v) is 16.9. The van der Waals surface area contributed by atoms with Crippen LogP contribution in [0.1, 0.15) is 51.0 Å². The number of alkyl halides is 3. The van der Waals surface area contributed by atoms with Crippen LogP contribution in [0.25, 0.3) is 0 Å². The van der Waals surface area contributed by atoms with E-state index in [1.807, 2.05) is 13.8 Å². The van der Waals surface area contributed by atoms with Crippen LogP contribution in [0, 0.1) is 0 Å². The molecule has 1 unspecified atom stereocenters. The molecular formula is C18H24F3N9. The van der Waals surface area contributed by atoms with Gasteiger partial charge in [0, 0.05) is 12.8 Å². The lowest BCUT2D eigenvalue weighted by molar-refractivity contribution is -0.0876. The topological polar surface area (TPSA) is 111 Å². The van der Waals surface area contributed by atoms with Crippen molar-refractivity contribution in [3.05, 3.63) is 41.2 Å². The van der Waals surface area contributed by atoms with Crippen molar-refractivity contribution < 1.29 is 13.2 Å². The van der Waals surface area contributed by atoms with E-state index in [0.29, 0.717) is 11.4 Å². The number of nitrogens with zero attached hydrogens (tertiary/aromatic N) is 6. The highest BCUT2D eigenvalue weighted by atomic mass is 19.4. The number of halogens is 3. The van der Waals surface area contributed by atoms with Crippen LogP contribution in [0.2, 0.25) is 0 Å². The van der Waals surface area contributed by atoms with Crippen molar-refractivity contribution in [3.8, 4) is 0 Å². The molecule has 2 aliphatic rings. The summed E-state index contributed by atoms with van der Waals surface area (Å²) in [5, 5.41) is 18.6. The minimum atomic E-state index is -4.56. The van der Waals surface area contributed by atoms with E-state index >= 15 is 0 Å². The predicted molar refractivity (Wildman–Crippen MR) is 103 cm³/mol. The lowest BCUT2D eigenvalue weighted by Gasteiger charge is -2.34. The van der Waals surface area contributed by atoms with Gasteiger partial charge in [0.05, 0.1) is 24.1 Å². The first kappa shape index (κ1) is 20.4. The number of hydrogen-bond acceptors (Lipinski definition) is 7. The Morgan fingerprint density at radius 1 is 1.27 bits per heavy atom. The lowest BCUT2D eigenvalue weighted by Crippen LogP contribution is -2.55. The highest BCUT2D eigenvalue weighted by Crippen LogP contribution is 2.40. The molecule has 30 heavy (non-hydrogen) atoms.